The molecule has 0 saturated heterocycles. The van der Waals surface area contributed by atoms with Crippen molar-refractivity contribution < 1.29 is 88.9 Å². The zero-order chi connectivity index (χ0) is 27.1. The Balaban J connectivity index is 6.67. The van der Waals surface area contributed by atoms with Crippen molar-refractivity contribution in [3.05, 3.63) is 0 Å². The largest absolute Gasteiger partial charge is 0.462 e. The van der Waals surface area contributed by atoms with Crippen LogP contribution in [0.25, 0.3) is 0 Å². The molecule has 198 valence electrons. The number of alkyl halides is 17. The summed E-state index contributed by atoms with van der Waals surface area (Å²) in [6, 6.07) is 0. The van der Waals surface area contributed by atoms with Gasteiger partial charge < -0.3 is 5.32 Å². The van der Waals surface area contributed by atoms with E-state index >= 15 is 0 Å². The van der Waals surface area contributed by atoms with Gasteiger partial charge in [0.2, 0.25) is 0 Å². The molecule has 0 aromatic heterocycles. The topological polar surface area (TPSA) is 47.6 Å². The number of halogens is 17. The molecule has 0 fully saturated rings. The van der Waals surface area contributed by atoms with Gasteiger partial charge in [0, 0.05) is 6.54 Å². The zero-order valence-electron chi connectivity index (χ0n) is 15.1. The lowest BCUT2D eigenvalue weighted by molar-refractivity contribution is -0.548. The highest BCUT2D eigenvalue weighted by Crippen LogP contribution is 2.56. The van der Waals surface area contributed by atoms with Crippen LogP contribution in [0.3, 0.4) is 0 Å². The highest BCUT2D eigenvalue weighted by molar-refractivity contribution is 5.84. The summed E-state index contributed by atoms with van der Waals surface area (Å²) in [6.07, 6.45) is -38.7. The van der Waals surface area contributed by atoms with Gasteiger partial charge in [-0.3, -0.25) is 14.3 Å². The standard InChI is InChI=1S/C12H8F17NO3/c1-2-3-30-4(31)5(13,8(17,18)19)32-12(28,29)7(16,10(23,24)25)33-11(26,27)6(14,15)9(20,21)22/h2-3H2,1H3,(H,30,31)/t5-,7-/m0/s1. The summed E-state index contributed by atoms with van der Waals surface area (Å²) in [5, 5.41) is 0.831. The van der Waals surface area contributed by atoms with Crippen LogP contribution in [0, 0.1) is 0 Å². The number of carbonyl (C=O) groups excluding carboxylic acids is 1. The smallest absolute Gasteiger partial charge is 0.351 e. The molecule has 21 heteroatoms. The number of amides is 1. The van der Waals surface area contributed by atoms with Gasteiger partial charge >= 0.3 is 48.4 Å². The predicted octanol–water partition coefficient (Wildman–Crippen LogP) is 5.39. The van der Waals surface area contributed by atoms with Crippen LogP contribution in [0.5, 0.6) is 0 Å². The lowest BCUT2D eigenvalue weighted by atomic mass is 10.2. The molecule has 0 rings (SSSR count). The first kappa shape index (κ1) is 31.2. The minimum Gasteiger partial charge on any atom is -0.351 e. The lowest BCUT2D eigenvalue weighted by Gasteiger charge is -2.40. The minimum absolute atomic E-state index is 0.381. The molecule has 0 radical (unpaired) electrons. The van der Waals surface area contributed by atoms with E-state index in [4.69, 9.17) is 0 Å². The van der Waals surface area contributed by atoms with E-state index in [1.165, 1.54) is 4.74 Å². The number of hydrogen-bond acceptors (Lipinski definition) is 3. The summed E-state index contributed by atoms with van der Waals surface area (Å²) in [7, 11) is 0. The van der Waals surface area contributed by atoms with Crippen molar-refractivity contribution in [2.45, 2.75) is 61.7 Å². The maximum atomic E-state index is 13.9. The molecular weight excluding hydrogens is 529 g/mol. The molecule has 0 aliphatic carbocycles. The second kappa shape index (κ2) is 8.77. The first-order valence-corrected chi connectivity index (χ1v) is 7.54. The molecule has 0 aromatic carbocycles. The molecule has 0 heterocycles. The van der Waals surface area contributed by atoms with Crippen molar-refractivity contribution in [2.75, 3.05) is 6.54 Å². The summed E-state index contributed by atoms with van der Waals surface area (Å²) < 4.78 is 222. The van der Waals surface area contributed by atoms with E-state index in [-0.39, 0.29) is 6.42 Å². The third-order valence-corrected chi connectivity index (χ3v) is 3.19. The van der Waals surface area contributed by atoms with Crippen molar-refractivity contribution in [3.8, 4) is 0 Å². The molecule has 4 nitrogen and oxygen atoms in total. The van der Waals surface area contributed by atoms with Crippen LogP contribution in [0.2, 0.25) is 0 Å². The van der Waals surface area contributed by atoms with Gasteiger partial charge in [0.1, 0.15) is 0 Å². The van der Waals surface area contributed by atoms with E-state index < -0.39 is 60.8 Å². The third kappa shape index (κ3) is 5.65. The Labute approximate surface area is 170 Å². The maximum Gasteiger partial charge on any atom is 0.462 e. The average Bonchev–Trinajstić information content (AvgIpc) is 2.55. The molecule has 0 unspecified atom stereocenters. The maximum absolute atomic E-state index is 13.9. The molecule has 0 saturated carbocycles. The van der Waals surface area contributed by atoms with E-state index in [1.54, 1.807) is 0 Å². The first-order valence-electron chi connectivity index (χ1n) is 7.54. The van der Waals surface area contributed by atoms with Crippen LogP contribution in [0.15, 0.2) is 0 Å². The zero-order valence-corrected chi connectivity index (χ0v) is 15.1. The Hall–Kier alpha value is -1.80. The Morgan fingerprint density at radius 1 is 0.636 bits per heavy atom. The van der Waals surface area contributed by atoms with E-state index in [0.29, 0.717) is 0 Å². The van der Waals surface area contributed by atoms with Crippen LogP contribution in [0.4, 0.5) is 74.6 Å². The van der Waals surface area contributed by atoms with Gasteiger partial charge in [0.15, 0.2) is 0 Å². The van der Waals surface area contributed by atoms with Gasteiger partial charge in [-0.05, 0) is 6.42 Å². The SMILES string of the molecule is CCCNC(=O)[C@](F)(OC(F)(F)[C@@](F)(OC(F)(F)C(F)(F)C(F)(F)F)C(F)(F)F)C(F)(F)F. The molecule has 0 aliphatic rings. The summed E-state index contributed by atoms with van der Waals surface area (Å²) in [4.78, 5) is 11.2. The van der Waals surface area contributed by atoms with Gasteiger partial charge in [0.25, 0.3) is 5.91 Å². The molecular formula is C12H8F17NO3. The van der Waals surface area contributed by atoms with E-state index in [9.17, 15) is 79.4 Å². The van der Waals surface area contributed by atoms with E-state index in [2.05, 4.69) is 0 Å². The average molecular weight is 537 g/mol. The number of ether oxygens (including phenoxy) is 2. The molecule has 0 bridgehead atoms. The van der Waals surface area contributed by atoms with Crippen LogP contribution in [-0.2, 0) is 14.3 Å². The normalized spacial score (nSPS) is 18.5. The molecule has 0 aliphatic heterocycles. The Morgan fingerprint density at radius 2 is 1.06 bits per heavy atom. The monoisotopic (exact) mass is 537 g/mol. The van der Waals surface area contributed by atoms with Gasteiger partial charge in [0.05, 0.1) is 0 Å². The fraction of sp³-hybridized carbons (Fsp3) is 0.917. The van der Waals surface area contributed by atoms with E-state index in [0.717, 1.165) is 12.2 Å². The predicted molar refractivity (Wildman–Crippen MR) is 66.2 cm³/mol. The fourth-order valence-corrected chi connectivity index (χ4v) is 1.52. The summed E-state index contributed by atoms with van der Waals surface area (Å²) >= 11 is 0. The van der Waals surface area contributed by atoms with Crippen LogP contribution in [-0.4, -0.2) is 60.8 Å². The van der Waals surface area contributed by atoms with Crippen molar-refractivity contribution in [1.82, 2.24) is 5.32 Å². The van der Waals surface area contributed by atoms with Gasteiger partial charge in [-0.25, -0.2) is 0 Å². The molecule has 2 atom stereocenters. The Bertz CT molecular complexity index is 699. The van der Waals surface area contributed by atoms with Crippen molar-refractivity contribution >= 4 is 5.91 Å². The molecule has 0 aromatic rings. The molecule has 1 N–H and O–H groups in total. The second-order valence-corrected chi connectivity index (χ2v) is 5.75. The first-order chi connectivity index (χ1) is 14.1. The number of carbonyl (C=O) groups is 1. The number of hydrogen-bond donors (Lipinski definition) is 1. The minimum atomic E-state index is -8.01. The van der Waals surface area contributed by atoms with Crippen LogP contribution in [0.1, 0.15) is 13.3 Å². The van der Waals surface area contributed by atoms with Crippen molar-refractivity contribution in [1.29, 1.82) is 0 Å². The summed E-state index contributed by atoms with van der Waals surface area (Å²) in [6.45, 7) is 0.0398. The fourth-order valence-electron chi connectivity index (χ4n) is 1.52. The van der Waals surface area contributed by atoms with E-state index in [1.807, 2.05) is 4.74 Å². The highest BCUT2D eigenvalue weighted by atomic mass is 19.4. The number of nitrogens with one attached hydrogen (secondary N) is 1. The van der Waals surface area contributed by atoms with Crippen LogP contribution < -0.4 is 5.32 Å². The lowest BCUT2D eigenvalue weighted by Crippen LogP contribution is -2.68. The van der Waals surface area contributed by atoms with Gasteiger partial charge in [-0.2, -0.15) is 74.6 Å². The Kier molecular flexibility index (Phi) is 8.29. The van der Waals surface area contributed by atoms with Crippen molar-refractivity contribution in [3.63, 3.8) is 0 Å². The summed E-state index contributed by atoms with van der Waals surface area (Å²) in [5.74, 6) is -25.9. The molecule has 0 spiro atoms. The van der Waals surface area contributed by atoms with Gasteiger partial charge in [-0.1, -0.05) is 6.92 Å². The molecule has 1 amide bonds. The highest BCUT2D eigenvalue weighted by Gasteiger charge is 2.85. The van der Waals surface area contributed by atoms with Crippen LogP contribution >= 0.6 is 0 Å². The molecule has 33 heavy (non-hydrogen) atoms. The quantitative estimate of drug-likeness (QED) is 0.402. The number of rotatable bonds is 9. The second-order valence-electron chi connectivity index (χ2n) is 5.75. The summed E-state index contributed by atoms with van der Waals surface area (Å²) in [5.41, 5.74) is 0. The Morgan fingerprint density at radius 3 is 1.36 bits per heavy atom. The van der Waals surface area contributed by atoms with Gasteiger partial charge in [-0.15, -0.1) is 0 Å². The third-order valence-electron chi connectivity index (χ3n) is 3.19. The van der Waals surface area contributed by atoms with Crippen molar-refractivity contribution in [2.24, 2.45) is 0 Å².